The number of hydrogen-bond donors (Lipinski definition) is 3. The Kier molecular flexibility index (Phi) is 4.24. The molecule has 3 N–H and O–H groups in total. The van der Waals surface area contributed by atoms with Gasteiger partial charge < -0.3 is 16.0 Å². The number of aromatic nitrogens is 5. The number of nitrogens with zero attached hydrogens (tertiary/aromatic N) is 5. The highest BCUT2D eigenvalue weighted by Crippen LogP contribution is 2.28. The van der Waals surface area contributed by atoms with E-state index in [1.807, 2.05) is 6.08 Å². The van der Waals surface area contributed by atoms with Gasteiger partial charge in [0.25, 0.3) is 5.91 Å². The Hall–Kier alpha value is -4.08. The molecule has 1 saturated carbocycles. The first-order valence-electron chi connectivity index (χ1n) is 9.49. The topological polar surface area (TPSA) is 126 Å². The van der Waals surface area contributed by atoms with Gasteiger partial charge in [-0.05, 0) is 30.6 Å². The number of rotatable bonds is 5. The third kappa shape index (κ3) is 3.50. The van der Waals surface area contributed by atoms with Crippen molar-refractivity contribution in [2.75, 3.05) is 10.6 Å². The fourth-order valence-corrected chi connectivity index (χ4v) is 3.19. The molecule has 3 aromatic heterocycles. The molecule has 10 heteroatoms. The number of amides is 2. The zero-order valence-corrected chi connectivity index (χ0v) is 15.9. The Labute approximate surface area is 171 Å². The lowest BCUT2D eigenvalue weighted by atomic mass is 10.1. The van der Waals surface area contributed by atoms with Crippen LogP contribution in [-0.4, -0.2) is 42.4 Å². The summed E-state index contributed by atoms with van der Waals surface area (Å²) in [5.74, 6) is 0.619. The molecule has 1 aliphatic heterocycles. The van der Waals surface area contributed by atoms with Gasteiger partial charge in [-0.15, -0.1) is 0 Å². The van der Waals surface area contributed by atoms with E-state index in [4.69, 9.17) is 0 Å². The lowest BCUT2D eigenvalue weighted by molar-refractivity contribution is -0.118. The fourth-order valence-electron chi connectivity index (χ4n) is 3.19. The molecule has 4 heterocycles. The standard InChI is InChI=1S/C20H18N8O2/c1-11-12(7-18(29)24-11)6-13-9-23-28-17(25-14-2-3-14)8-16(26-19(13)28)27-20(30)15-4-5-21-10-22-15/h4-6,8-10,14,25H,1-3,7H2,(H,24,29)(H,26,27,30)/b12-6+. The van der Waals surface area contributed by atoms with Gasteiger partial charge in [-0.1, -0.05) is 6.58 Å². The summed E-state index contributed by atoms with van der Waals surface area (Å²) in [6.45, 7) is 3.87. The highest BCUT2D eigenvalue weighted by Gasteiger charge is 2.24. The molecular formula is C20H18N8O2. The molecule has 3 aromatic rings. The number of fused-ring (bicyclic) bond motifs is 1. The van der Waals surface area contributed by atoms with Crippen LogP contribution < -0.4 is 16.0 Å². The number of nitrogens with one attached hydrogen (secondary N) is 3. The van der Waals surface area contributed by atoms with Crippen molar-refractivity contribution in [1.29, 1.82) is 0 Å². The van der Waals surface area contributed by atoms with Crippen LogP contribution in [0.5, 0.6) is 0 Å². The van der Waals surface area contributed by atoms with Crippen molar-refractivity contribution in [2.45, 2.75) is 25.3 Å². The van der Waals surface area contributed by atoms with E-state index in [1.54, 1.807) is 16.8 Å². The van der Waals surface area contributed by atoms with E-state index in [1.165, 1.54) is 18.6 Å². The van der Waals surface area contributed by atoms with Crippen LogP contribution in [0.15, 0.2) is 48.7 Å². The molecule has 1 aliphatic carbocycles. The van der Waals surface area contributed by atoms with Crippen LogP contribution >= 0.6 is 0 Å². The lowest BCUT2D eigenvalue weighted by Crippen LogP contribution is -2.16. The van der Waals surface area contributed by atoms with Crippen LogP contribution in [0.1, 0.15) is 35.3 Å². The Morgan fingerprint density at radius 3 is 2.93 bits per heavy atom. The highest BCUT2D eigenvalue weighted by molar-refractivity contribution is 6.02. The monoisotopic (exact) mass is 402 g/mol. The van der Waals surface area contributed by atoms with Gasteiger partial charge in [0.2, 0.25) is 5.91 Å². The Morgan fingerprint density at radius 2 is 2.23 bits per heavy atom. The first kappa shape index (κ1) is 18.0. The second-order valence-corrected chi connectivity index (χ2v) is 7.20. The molecule has 1 saturated heterocycles. The number of carbonyl (C=O) groups excluding carboxylic acids is 2. The molecule has 0 spiro atoms. The minimum atomic E-state index is -0.384. The van der Waals surface area contributed by atoms with Gasteiger partial charge in [-0.3, -0.25) is 9.59 Å². The van der Waals surface area contributed by atoms with E-state index in [0.29, 0.717) is 23.2 Å². The van der Waals surface area contributed by atoms with Crippen molar-refractivity contribution < 1.29 is 9.59 Å². The summed E-state index contributed by atoms with van der Waals surface area (Å²) in [6, 6.07) is 3.65. The van der Waals surface area contributed by atoms with Crippen molar-refractivity contribution in [2.24, 2.45) is 0 Å². The van der Waals surface area contributed by atoms with E-state index < -0.39 is 0 Å². The van der Waals surface area contributed by atoms with Crippen LogP contribution in [0.4, 0.5) is 11.6 Å². The van der Waals surface area contributed by atoms with Gasteiger partial charge in [0, 0.05) is 29.6 Å². The molecular weight excluding hydrogens is 384 g/mol. The first-order valence-corrected chi connectivity index (χ1v) is 9.49. The normalized spacial score (nSPS) is 17.4. The Balaban J connectivity index is 1.54. The van der Waals surface area contributed by atoms with E-state index >= 15 is 0 Å². The molecule has 2 aliphatic rings. The van der Waals surface area contributed by atoms with Crippen molar-refractivity contribution >= 4 is 35.2 Å². The zero-order valence-electron chi connectivity index (χ0n) is 15.9. The SMILES string of the molecule is C=C1NC(=O)C/C1=C\c1cnn2c(NC3CC3)cc(NC(=O)c3ccncn3)nc12. The lowest BCUT2D eigenvalue weighted by Gasteiger charge is -2.11. The summed E-state index contributed by atoms with van der Waals surface area (Å²) in [7, 11) is 0. The summed E-state index contributed by atoms with van der Waals surface area (Å²) in [4.78, 5) is 36.5. The Morgan fingerprint density at radius 1 is 1.37 bits per heavy atom. The smallest absolute Gasteiger partial charge is 0.275 e. The summed E-state index contributed by atoms with van der Waals surface area (Å²) in [6.07, 6.45) is 8.76. The number of carbonyl (C=O) groups is 2. The van der Waals surface area contributed by atoms with Gasteiger partial charge >= 0.3 is 0 Å². The molecule has 30 heavy (non-hydrogen) atoms. The summed E-state index contributed by atoms with van der Waals surface area (Å²) >= 11 is 0. The van der Waals surface area contributed by atoms with Gasteiger partial charge in [-0.25, -0.2) is 15.0 Å². The van der Waals surface area contributed by atoms with Crippen molar-refractivity contribution in [3.63, 3.8) is 0 Å². The molecule has 0 aromatic carbocycles. The number of hydrogen-bond acceptors (Lipinski definition) is 7. The van der Waals surface area contributed by atoms with Gasteiger partial charge in [0.05, 0.1) is 12.6 Å². The zero-order chi connectivity index (χ0) is 20.7. The molecule has 0 radical (unpaired) electrons. The molecule has 2 amide bonds. The van der Waals surface area contributed by atoms with Crippen LogP contribution in [0, 0.1) is 0 Å². The molecule has 10 nitrogen and oxygen atoms in total. The third-order valence-corrected chi connectivity index (χ3v) is 4.84. The van der Waals surface area contributed by atoms with E-state index in [9.17, 15) is 9.59 Å². The van der Waals surface area contributed by atoms with Crippen LogP contribution in [-0.2, 0) is 4.79 Å². The second-order valence-electron chi connectivity index (χ2n) is 7.20. The van der Waals surface area contributed by atoms with Gasteiger partial charge in [-0.2, -0.15) is 9.61 Å². The quantitative estimate of drug-likeness (QED) is 0.594. The van der Waals surface area contributed by atoms with Crippen LogP contribution in [0.2, 0.25) is 0 Å². The molecule has 150 valence electrons. The predicted octanol–water partition coefficient (Wildman–Crippen LogP) is 1.76. The summed E-state index contributed by atoms with van der Waals surface area (Å²) < 4.78 is 1.69. The maximum absolute atomic E-state index is 12.5. The average molecular weight is 402 g/mol. The molecule has 5 rings (SSSR count). The van der Waals surface area contributed by atoms with Gasteiger partial charge in [0.15, 0.2) is 5.65 Å². The average Bonchev–Trinajstić information content (AvgIpc) is 3.37. The van der Waals surface area contributed by atoms with Crippen LogP contribution in [0.3, 0.4) is 0 Å². The predicted molar refractivity (Wildman–Crippen MR) is 109 cm³/mol. The van der Waals surface area contributed by atoms with Crippen molar-refractivity contribution in [3.05, 3.63) is 60.0 Å². The summed E-state index contributed by atoms with van der Waals surface area (Å²) in [5, 5.41) is 13.3. The minimum Gasteiger partial charge on any atom is -0.367 e. The maximum Gasteiger partial charge on any atom is 0.275 e. The number of allylic oxidation sites excluding steroid dienone is 1. The Bertz CT molecular complexity index is 1210. The second kappa shape index (κ2) is 7.07. The third-order valence-electron chi connectivity index (χ3n) is 4.84. The maximum atomic E-state index is 12.5. The first-order chi connectivity index (χ1) is 14.6. The van der Waals surface area contributed by atoms with E-state index in [2.05, 4.69) is 42.6 Å². The van der Waals surface area contributed by atoms with E-state index in [0.717, 1.165) is 29.8 Å². The fraction of sp³-hybridized carbons (Fsp3) is 0.200. The molecule has 0 bridgehead atoms. The van der Waals surface area contributed by atoms with Crippen LogP contribution in [0.25, 0.3) is 11.7 Å². The summed E-state index contributed by atoms with van der Waals surface area (Å²) in [5.41, 5.74) is 2.87. The molecule has 2 fully saturated rings. The van der Waals surface area contributed by atoms with Crippen molar-refractivity contribution in [3.8, 4) is 0 Å². The highest BCUT2D eigenvalue weighted by atomic mass is 16.2. The molecule has 0 unspecified atom stereocenters. The largest absolute Gasteiger partial charge is 0.367 e. The van der Waals surface area contributed by atoms with Gasteiger partial charge in [0.1, 0.15) is 23.7 Å². The van der Waals surface area contributed by atoms with Crippen molar-refractivity contribution in [1.82, 2.24) is 29.9 Å². The molecule has 0 atom stereocenters. The minimum absolute atomic E-state index is 0.0930. The number of anilines is 2. The van der Waals surface area contributed by atoms with E-state index in [-0.39, 0.29) is 23.9 Å².